The fraction of sp³-hybridized carbons (Fsp3) is 0.467. The highest BCUT2D eigenvalue weighted by molar-refractivity contribution is 5.52. The highest BCUT2D eigenvalue weighted by atomic mass is 19.4. The predicted octanol–water partition coefficient (Wildman–Crippen LogP) is 7.17. The quantitative estimate of drug-likeness (QED) is 0.299. The van der Waals surface area contributed by atoms with Crippen molar-refractivity contribution in [2.45, 2.75) is 56.6 Å². The molecule has 13 heteroatoms. The maximum absolute atomic E-state index is 13.6. The second-order valence-electron chi connectivity index (χ2n) is 11.7. The fourth-order valence-corrected chi connectivity index (χ4v) is 6.33. The van der Waals surface area contributed by atoms with Gasteiger partial charge in [0.1, 0.15) is 24.1 Å². The van der Waals surface area contributed by atoms with E-state index in [0.717, 1.165) is 68.4 Å². The molecular weight excluding hydrogens is 579 g/mol. The zero-order valence-corrected chi connectivity index (χ0v) is 23.1. The third kappa shape index (κ3) is 6.45. The number of anilines is 3. The van der Waals surface area contributed by atoms with Crippen LogP contribution in [0.4, 0.5) is 47.9 Å². The number of benzene rings is 2. The molecule has 2 saturated heterocycles. The molecule has 6 rings (SSSR count). The number of halogens is 7. The van der Waals surface area contributed by atoms with Crippen LogP contribution in [0, 0.1) is 11.2 Å². The summed E-state index contributed by atoms with van der Waals surface area (Å²) in [7, 11) is 0. The van der Waals surface area contributed by atoms with Crippen molar-refractivity contribution in [3.8, 4) is 5.88 Å². The van der Waals surface area contributed by atoms with Crippen LogP contribution >= 0.6 is 0 Å². The minimum absolute atomic E-state index is 0.0471. The summed E-state index contributed by atoms with van der Waals surface area (Å²) in [5, 5.41) is 3.09. The SMILES string of the molecule is Fc1ccc(NC2CCC(Oc3cc(N4CC5(CCN(c6ccc(C(F)(F)F)cc6)C5)C4)ncn3)CC2)cc1C(F)(F)F. The number of nitrogens with zero attached hydrogens (tertiary/aromatic N) is 4. The Morgan fingerprint density at radius 3 is 2.19 bits per heavy atom. The van der Waals surface area contributed by atoms with E-state index in [2.05, 4.69) is 25.1 Å². The number of alkyl halides is 6. The van der Waals surface area contributed by atoms with E-state index >= 15 is 0 Å². The van der Waals surface area contributed by atoms with Gasteiger partial charge >= 0.3 is 12.4 Å². The van der Waals surface area contributed by atoms with Crippen LogP contribution in [0.3, 0.4) is 0 Å². The molecule has 0 amide bonds. The van der Waals surface area contributed by atoms with Crippen molar-refractivity contribution in [2.24, 2.45) is 5.41 Å². The molecule has 2 aromatic carbocycles. The Balaban J connectivity index is 0.986. The maximum atomic E-state index is 13.6. The minimum atomic E-state index is -4.76. The molecule has 3 aliphatic rings. The van der Waals surface area contributed by atoms with Gasteiger partial charge in [0, 0.05) is 55.1 Å². The van der Waals surface area contributed by atoms with E-state index in [9.17, 15) is 30.7 Å². The lowest BCUT2D eigenvalue weighted by Crippen LogP contribution is -2.58. The molecule has 230 valence electrons. The van der Waals surface area contributed by atoms with Crippen molar-refractivity contribution >= 4 is 17.2 Å². The first-order chi connectivity index (χ1) is 20.4. The Morgan fingerprint density at radius 2 is 1.51 bits per heavy atom. The highest BCUT2D eigenvalue weighted by Gasteiger charge is 2.48. The number of nitrogens with one attached hydrogen (secondary N) is 1. The average Bonchev–Trinajstić information content (AvgIpc) is 3.40. The molecule has 2 aliphatic heterocycles. The van der Waals surface area contributed by atoms with Crippen molar-refractivity contribution in [2.75, 3.05) is 41.3 Å². The van der Waals surface area contributed by atoms with Crippen LogP contribution in [0.15, 0.2) is 54.9 Å². The summed E-state index contributed by atoms with van der Waals surface area (Å²) in [6.45, 7) is 3.09. The van der Waals surface area contributed by atoms with Crippen LogP contribution in [0.5, 0.6) is 5.88 Å². The molecule has 6 nitrogen and oxygen atoms in total. The molecule has 0 bridgehead atoms. The van der Waals surface area contributed by atoms with Crippen LogP contribution < -0.4 is 19.9 Å². The zero-order chi connectivity index (χ0) is 30.4. The molecule has 3 heterocycles. The fourth-order valence-electron chi connectivity index (χ4n) is 6.33. The van der Waals surface area contributed by atoms with Crippen LogP contribution in [-0.2, 0) is 12.4 Å². The number of aromatic nitrogens is 2. The van der Waals surface area contributed by atoms with Crippen LogP contribution in [0.25, 0.3) is 0 Å². The van der Waals surface area contributed by atoms with E-state index in [1.54, 1.807) is 6.07 Å². The van der Waals surface area contributed by atoms with Gasteiger partial charge in [-0.3, -0.25) is 0 Å². The van der Waals surface area contributed by atoms with Crippen molar-refractivity contribution in [1.29, 1.82) is 0 Å². The van der Waals surface area contributed by atoms with Gasteiger partial charge in [-0.1, -0.05) is 0 Å². The second kappa shape index (κ2) is 11.1. The van der Waals surface area contributed by atoms with E-state index in [1.165, 1.54) is 24.5 Å². The first-order valence-corrected chi connectivity index (χ1v) is 14.2. The van der Waals surface area contributed by atoms with Crippen molar-refractivity contribution < 1.29 is 35.5 Å². The molecule has 1 saturated carbocycles. The molecule has 0 unspecified atom stereocenters. The molecule has 1 N–H and O–H groups in total. The van der Waals surface area contributed by atoms with Gasteiger partial charge in [0.05, 0.1) is 11.1 Å². The van der Waals surface area contributed by atoms with E-state index < -0.39 is 29.3 Å². The normalized spacial score (nSPS) is 22.0. The van der Waals surface area contributed by atoms with Crippen molar-refractivity contribution in [1.82, 2.24) is 9.97 Å². The summed E-state index contributed by atoms with van der Waals surface area (Å²) >= 11 is 0. The third-order valence-electron chi connectivity index (χ3n) is 8.61. The summed E-state index contributed by atoms with van der Waals surface area (Å²) in [6.07, 6.45) is -4.12. The van der Waals surface area contributed by atoms with Gasteiger partial charge in [-0.05, 0) is 74.6 Å². The van der Waals surface area contributed by atoms with E-state index in [0.29, 0.717) is 31.6 Å². The molecule has 43 heavy (non-hydrogen) atoms. The summed E-state index contributed by atoms with van der Waals surface area (Å²) in [5.74, 6) is -0.0969. The Hall–Kier alpha value is -3.77. The summed E-state index contributed by atoms with van der Waals surface area (Å²) < 4.78 is 97.6. The maximum Gasteiger partial charge on any atom is 0.419 e. The van der Waals surface area contributed by atoms with E-state index in [4.69, 9.17) is 4.74 Å². The smallest absolute Gasteiger partial charge is 0.419 e. The van der Waals surface area contributed by atoms with Crippen molar-refractivity contribution in [3.05, 3.63) is 71.8 Å². The lowest BCUT2D eigenvalue weighted by Gasteiger charge is -2.48. The van der Waals surface area contributed by atoms with Gasteiger partial charge in [-0.25, -0.2) is 14.4 Å². The Morgan fingerprint density at radius 1 is 0.814 bits per heavy atom. The molecule has 3 aromatic rings. The molecule has 1 aromatic heterocycles. The standard InChI is InChI=1S/C30H30F7N5O/c31-25-10-5-21(13-24(25)30(35,36)37)40-20-3-8-23(9-4-20)43-27-14-26(38-18-39-27)42-16-28(17-42)11-12-41(15-28)22-6-1-19(2-7-22)29(32,33)34/h1-2,5-7,10,13-14,18,20,23,40H,3-4,8-9,11-12,15-17H2. The Bertz CT molecular complexity index is 1430. The number of ether oxygens (including phenoxy) is 1. The van der Waals surface area contributed by atoms with Gasteiger partial charge in [0.15, 0.2) is 0 Å². The molecule has 0 radical (unpaired) electrons. The lowest BCUT2D eigenvalue weighted by molar-refractivity contribution is -0.140. The second-order valence-corrected chi connectivity index (χ2v) is 11.7. The van der Waals surface area contributed by atoms with Crippen LogP contribution in [0.1, 0.15) is 43.2 Å². The van der Waals surface area contributed by atoms with Crippen LogP contribution in [0.2, 0.25) is 0 Å². The summed E-state index contributed by atoms with van der Waals surface area (Å²) in [4.78, 5) is 12.9. The number of rotatable bonds is 6. The minimum Gasteiger partial charge on any atom is -0.474 e. The predicted molar refractivity (Wildman–Crippen MR) is 147 cm³/mol. The first-order valence-electron chi connectivity index (χ1n) is 14.2. The Kier molecular flexibility index (Phi) is 7.54. The first kappa shape index (κ1) is 29.3. The monoisotopic (exact) mass is 609 g/mol. The van der Waals surface area contributed by atoms with Gasteiger partial charge in [0.25, 0.3) is 0 Å². The topological polar surface area (TPSA) is 53.5 Å². The molecular formula is C30H30F7N5O. The lowest BCUT2D eigenvalue weighted by atomic mass is 9.79. The Labute approximate surface area is 243 Å². The summed E-state index contributed by atoms with van der Waals surface area (Å²) in [5.41, 5.74) is -0.873. The largest absolute Gasteiger partial charge is 0.474 e. The van der Waals surface area contributed by atoms with E-state index in [1.807, 2.05) is 0 Å². The third-order valence-corrected chi connectivity index (χ3v) is 8.61. The number of hydrogen-bond acceptors (Lipinski definition) is 6. The molecule has 0 atom stereocenters. The summed E-state index contributed by atoms with van der Waals surface area (Å²) in [6, 6.07) is 9.99. The molecule has 1 spiro atoms. The number of hydrogen-bond donors (Lipinski definition) is 1. The average molecular weight is 610 g/mol. The van der Waals surface area contributed by atoms with Gasteiger partial charge in [-0.2, -0.15) is 26.3 Å². The van der Waals surface area contributed by atoms with Crippen LogP contribution in [-0.4, -0.2) is 48.3 Å². The van der Waals surface area contributed by atoms with E-state index in [-0.39, 0.29) is 23.2 Å². The van der Waals surface area contributed by atoms with Crippen molar-refractivity contribution in [3.63, 3.8) is 0 Å². The molecule has 1 aliphatic carbocycles. The highest BCUT2D eigenvalue weighted by Crippen LogP contribution is 2.43. The van der Waals surface area contributed by atoms with Gasteiger partial charge < -0.3 is 19.9 Å². The van der Waals surface area contributed by atoms with Gasteiger partial charge in [0.2, 0.25) is 5.88 Å². The van der Waals surface area contributed by atoms with Gasteiger partial charge in [-0.15, -0.1) is 0 Å². The zero-order valence-electron chi connectivity index (χ0n) is 23.1. The molecule has 3 fully saturated rings.